The van der Waals surface area contributed by atoms with Crippen molar-refractivity contribution < 1.29 is 9.13 Å². The van der Waals surface area contributed by atoms with E-state index in [0.717, 1.165) is 10.8 Å². The van der Waals surface area contributed by atoms with E-state index in [9.17, 15) is 4.39 Å². The fourth-order valence-corrected chi connectivity index (χ4v) is 2.28. The lowest BCUT2D eigenvalue weighted by atomic mass is 10.3. The van der Waals surface area contributed by atoms with Crippen LogP contribution in [0.2, 0.25) is 5.02 Å². The smallest absolute Gasteiger partial charge is 0.205 e. The van der Waals surface area contributed by atoms with Crippen LogP contribution in [0.3, 0.4) is 0 Å². The van der Waals surface area contributed by atoms with Gasteiger partial charge in [-0.1, -0.05) is 22.9 Å². The highest BCUT2D eigenvalue weighted by Crippen LogP contribution is 2.34. The molecule has 0 aliphatic heterocycles. The van der Waals surface area contributed by atoms with Crippen molar-refractivity contribution >= 4 is 28.1 Å². The molecule has 0 aliphatic carbocycles. The number of nitrogens with one attached hydrogen (secondary N) is 1. The Morgan fingerprint density at radius 2 is 2.18 bits per heavy atom. The van der Waals surface area contributed by atoms with Gasteiger partial charge in [0.05, 0.1) is 5.69 Å². The third-order valence-corrected chi connectivity index (χ3v) is 3.29. The summed E-state index contributed by atoms with van der Waals surface area (Å²) < 4.78 is 18.7. The van der Waals surface area contributed by atoms with Crippen molar-refractivity contribution in [2.75, 3.05) is 12.4 Å². The van der Waals surface area contributed by atoms with Gasteiger partial charge in [-0.3, -0.25) is 0 Å². The topological polar surface area (TPSA) is 34.2 Å². The van der Waals surface area contributed by atoms with Gasteiger partial charge in [-0.15, -0.1) is 0 Å². The fourth-order valence-electron chi connectivity index (χ4n) is 1.28. The molecule has 1 heterocycles. The van der Waals surface area contributed by atoms with E-state index in [1.807, 2.05) is 6.92 Å². The van der Waals surface area contributed by atoms with E-state index in [4.69, 9.17) is 16.3 Å². The maximum Gasteiger partial charge on any atom is 0.205 e. The highest BCUT2D eigenvalue weighted by Gasteiger charge is 2.09. The maximum absolute atomic E-state index is 13.1. The molecule has 0 atom stereocenters. The molecule has 0 unspecified atom stereocenters. The molecule has 0 saturated carbocycles. The molecule has 1 aromatic heterocycles. The minimum absolute atomic E-state index is 0.302. The zero-order valence-corrected chi connectivity index (χ0v) is 10.8. The van der Waals surface area contributed by atoms with Gasteiger partial charge in [0.1, 0.15) is 11.6 Å². The number of benzene rings is 1. The summed E-state index contributed by atoms with van der Waals surface area (Å²) in [6.07, 6.45) is 0. The number of hydrogen-bond donors (Lipinski definition) is 1. The van der Waals surface area contributed by atoms with Crippen LogP contribution in [0, 0.1) is 12.7 Å². The van der Waals surface area contributed by atoms with Crippen LogP contribution in [-0.2, 0) is 0 Å². The average molecular weight is 273 g/mol. The second-order valence-electron chi connectivity index (χ2n) is 3.35. The second-order valence-corrected chi connectivity index (χ2v) is 4.75. The molecule has 1 aromatic carbocycles. The SMILES string of the molecule is CNc1nc(C)c(Oc2cc(F)cc(Cl)c2)s1. The van der Waals surface area contributed by atoms with Crippen molar-refractivity contribution in [2.24, 2.45) is 0 Å². The molecule has 17 heavy (non-hydrogen) atoms. The molecule has 2 rings (SSSR count). The third-order valence-electron chi connectivity index (χ3n) is 2.01. The van der Waals surface area contributed by atoms with Gasteiger partial charge < -0.3 is 10.1 Å². The Labute approximate surface area is 107 Å². The lowest BCUT2D eigenvalue weighted by Crippen LogP contribution is -1.86. The quantitative estimate of drug-likeness (QED) is 0.914. The highest BCUT2D eigenvalue weighted by atomic mass is 35.5. The van der Waals surface area contributed by atoms with Gasteiger partial charge in [-0.25, -0.2) is 9.37 Å². The molecule has 0 fully saturated rings. The van der Waals surface area contributed by atoms with Gasteiger partial charge in [0.2, 0.25) is 5.06 Å². The molecule has 1 N–H and O–H groups in total. The van der Waals surface area contributed by atoms with E-state index in [2.05, 4.69) is 10.3 Å². The van der Waals surface area contributed by atoms with Crippen molar-refractivity contribution in [2.45, 2.75) is 6.92 Å². The summed E-state index contributed by atoms with van der Waals surface area (Å²) >= 11 is 7.10. The van der Waals surface area contributed by atoms with Gasteiger partial charge >= 0.3 is 0 Å². The Morgan fingerprint density at radius 3 is 2.76 bits per heavy atom. The van der Waals surface area contributed by atoms with Crippen LogP contribution in [0.5, 0.6) is 10.8 Å². The first kappa shape index (κ1) is 12.1. The lowest BCUT2D eigenvalue weighted by Gasteiger charge is -2.03. The van der Waals surface area contributed by atoms with Gasteiger partial charge in [-0.05, 0) is 19.1 Å². The van der Waals surface area contributed by atoms with E-state index in [1.54, 1.807) is 13.1 Å². The second kappa shape index (κ2) is 4.89. The first-order valence-electron chi connectivity index (χ1n) is 4.87. The van der Waals surface area contributed by atoms with Crippen molar-refractivity contribution in [3.05, 3.63) is 34.7 Å². The van der Waals surface area contributed by atoms with Gasteiger partial charge in [-0.2, -0.15) is 0 Å². The summed E-state index contributed by atoms with van der Waals surface area (Å²) in [5.41, 5.74) is 0.750. The van der Waals surface area contributed by atoms with E-state index in [-0.39, 0.29) is 0 Å². The van der Waals surface area contributed by atoms with Crippen LogP contribution in [0.4, 0.5) is 9.52 Å². The van der Waals surface area contributed by atoms with Crippen LogP contribution in [0.1, 0.15) is 5.69 Å². The van der Waals surface area contributed by atoms with E-state index in [0.29, 0.717) is 15.8 Å². The van der Waals surface area contributed by atoms with Crippen LogP contribution in [-0.4, -0.2) is 12.0 Å². The molecule has 90 valence electrons. The molecule has 0 saturated heterocycles. The number of aryl methyl sites for hydroxylation is 1. The molecular weight excluding hydrogens is 263 g/mol. The summed E-state index contributed by atoms with van der Waals surface area (Å²) in [5, 5.41) is 4.60. The molecule has 0 spiro atoms. The zero-order chi connectivity index (χ0) is 12.4. The number of aromatic nitrogens is 1. The molecule has 0 amide bonds. The lowest BCUT2D eigenvalue weighted by molar-refractivity contribution is 0.485. The van der Waals surface area contributed by atoms with Gasteiger partial charge in [0, 0.05) is 18.1 Å². The van der Waals surface area contributed by atoms with E-state index >= 15 is 0 Å². The minimum atomic E-state index is -0.427. The molecule has 0 radical (unpaired) electrons. The first-order chi connectivity index (χ1) is 8.08. The number of hydrogen-bond acceptors (Lipinski definition) is 4. The molecule has 6 heteroatoms. The van der Waals surface area contributed by atoms with Gasteiger partial charge in [0.25, 0.3) is 0 Å². The number of ether oxygens (including phenoxy) is 1. The number of rotatable bonds is 3. The Bertz CT molecular complexity index is 524. The summed E-state index contributed by atoms with van der Waals surface area (Å²) in [6.45, 7) is 1.83. The van der Waals surface area contributed by atoms with Crippen molar-refractivity contribution in [1.82, 2.24) is 4.98 Å². The number of anilines is 1. The average Bonchev–Trinajstić information content (AvgIpc) is 2.58. The predicted molar refractivity (Wildman–Crippen MR) is 67.9 cm³/mol. The Balaban J connectivity index is 2.27. The predicted octanol–water partition coefficient (Wildman–Crippen LogP) is 4.08. The standard InChI is InChI=1S/C11H10ClFN2OS/c1-6-10(17-11(14-2)15-6)16-9-4-7(12)3-8(13)5-9/h3-5H,1-2H3,(H,14,15). The van der Waals surface area contributed by atoms with Crippen molar-refractivity contribution in [3.8, 4) is 10.8 Å². The first-order valence-corrected chi connectivity index (χ1v) is 6.07. The number of halogens is 2. The summed E-state index contributed by atoms with van der Waals surface area (Å²) in [4.78, 5) is 4.23. The molecular formula is C11H10ClFN2OS. The monoisotopic (exact) mass is 272 g/mol. The van der Waals surface area contributed by atoms with Crippen LogP contribution in [0.15, 0.2) is 18.2 Å². The highest BCUT2D eigenvalue weighted by molar-refractivity contribution is 7.17. The molecule has 2 aromatic rings. The van der Waals surface area contributed by atoms with E-state index < -0.39 is 5.82 Å². The van der Waals surface area contributed by atoms with Crippen LogP contribution in [0.25, 0.3) is 0 Å². The van der Waals surface area contributed by atoms with Crippen molar-refractivity contribution in [3.63, 3.8) is 0 Å². The molecule has 3 nitrogen and oxygen atoms in total. The van der Waals surface area contributed by atoms with Gasteiger partial charge in [0.15, 0.2) is 5.13 Å². The number of nitrogens with zero attached hydrogens (tertiary/aromatic N) is 1. The normalized spacial score (nSPS) is 10.4. The minimum Gasteiger partial charge on any atom is -0.444 e. The zero-order valence-electron chi connectivity index (χ0n) is 9.25. The Hall–Kier alpha value is -1.33. The maximum atomic E-state index is 13.1. The van der Waals surface area contributed by atoms with Crippen LogP contribution >= 0.6 is 22.9 Å². The largest absolute Gasteiger partial charge is 0.444 e. The van der Waals surface area contributed by atoms with Crippen LogP contribution < -0.4 is 10.1 Å². The summed E-state index contributed by atoms with van der Waals surface area (Å²) in [7, 11) is 1.78. The Morgan fingerprint density at radius 1 is 1.41 bits per heavy atom. The summed E-state index contributed by atoms with van der Waals surface area (Å²) in [5.74, 6) is -0.0621. The molecule has 0 bridgehead atoms. The molecule has 0 aliphatic rings. The Kier molecular flexibility index (Phi) is 3.49. The fraction of sp³-hybridized carbons (Fsp3) is 0.182. The van der Waals surface area contributed by atoms with Crippen molar-refractivity contribution in [1.29, 1.82) is 0 Å². The van der Waals surface area contributed by atoms with E-state index in [1.165, 1.54) is 23.5 Å². The summed E-state index contributed by atoms with van der Waals surface area (Å²) in [6, 6.07) is 4.07. The number of thiazole rings is 1. The third kappa shape index (κ3) is 2.87.